The Hall–Kier alpha value is -6.01. The highest BCUT2D eigenvalue weighted by Gasteiger charge is 2.20. The second-order valence-corrected chi connectivity index (χ2v) is 13.1. The molecule has 50 heavy (non-hydrogen) atoms. The number of nitrogens with two attached hydrogens (primary N) is 1. The van der Waals surface area contributed by atoms with Crippen LogP contribution in [0.2, 0.25) is 0 Å². The van der Waals surface area contributed by atoms with Crippen molar-refractivity contribution in [3.8, 4) is 0 Å². The van der Waals surface area contributed by atoms with Crippen LogP contribution in [0, 0.1) is 5.41 Å². The number of carbonyl (C=O) groups excluding carboxylic acids is 5. The van der Waals surface area contributed by atoms with Gasteiger partial charge < -0.3 is 46.0 Å². The molecule has 0 atom stereocenters. The van der Waals surface area contributed by atoms with Crippen molar-refractivity contribution in [3.05, 3.63) is 88.1 Å². The molecule has 0 aliphatic rings. The van der Waals surface area contributed by atoms with Gasteiger partial charge >= 0.3 is 0 Å². The van der Waals surface area contributed by atoms with E-state index in [2.05, 4.69) is 54.1 Å². The van der Waals surface area contributed by atoms with E-state index in [1.165, 1.54) is 29.5 Å². The summed E-state index contributed by atoms with van der Waals surface area (Å²) in [6.45, 7) is 3.75. The van der Waals surface area contributed by atoms with Crippen LogP contribution < -0.4 is 32.3 Å². The summed E-state index contributed by atoms with van der Waals surface area (Å²) in [5.41, 5.74) is 8.27. The van der Waals surface area contributed by atoms with E-state index in [-0.39, 0.29) is 45.6 Å². The lowest BCUT2D eigenvalue weighted by molar-refractivity contribution is -0.112. The Labute approximate surface area is 297 Å². The van der Waals surface area contributed by atoms with Gasteiger partial charge in [0.15, 0.2) is 5.01 Å². The van der Waals surface area contributed by atoms with Gasteiger partial charge in [-0.25, -0.2) is 4.98 Å². The van der Waals surface area contributed by atoms with Gasteiger partial charge in [-0.15, -0.1) is 11.3 Å². The van der Waals surface area contributed by atoms with Gasteiger partial charge in [0.25, 0.3) is 29.5 Å². The predicted octanol–water partition coefficient (Wildman–Crippen LogP) is 3.97. The number of hydrogen-bond acceptors (Lipinski definition) is 8. The first kappa shape index (κ1) is 35.3. The van der Waals surface area contributed by atoms with Gasteiger partial charge in [0.05, 0.1) is 37.6 Å². The van der Waals surface area contributed by atoms with Crippen molar-refractivity contribution in [2.75, 3.05) is 27.8 Å². The third-order valence-electron chi connectivity index (χ3n) is 7.25. The van der Waals surface area contributed by atoms with Crippen LogP contribution in [0.25, 0.3) is 10.2 Å². The third kappa shape index (κ3) is 8.16. The number of nitrogens with one attached hydrogen (secondary N) is 6. The lowest BCUT2D eigenvalue weighted by Crippen LogP contribution is -2.28. The summed E-state index contributed by atoms with van der Waals surface area (Å²) in [6.07, 6.45) is 4.98. The molecule has 5 amide bonds. The summed E-state index contributed by atoms with van der Waals surface area (Å²) in [7, 11) is 4.97. The Bertz CT molecular complexity index is 2210. The number of anilines is 4. The van der Waals surface area contributed by atoms with Crippen LogP contribution in [0.4, 0.5) is 22.7 Å². The molecule has 0 aliphatic carbocycles. The quantitative estimate of drug-likeness (QED) is 0.0562. The number of rotatable bonds is 12. The highest BCUT2D eigenvalue weighted by molar-refractivity contribution is 9.12. The normalized spacial score (nSPS) is 10.8. The number of amides is 5. The zero-order chi connectivity index (χ0) is 36.3. The Kier molecular flexibility index (Phi) is 10.3. The maximum absolute atomic E-state index is 13.2. The second kappa shape index (κ2) is 14.6. The molecule has 258 valence electrons. The summed E-state index contributed by atoms with van der Waals surface area (Å²) in [6, 6.07) is 9.65. The van der Waals surface area contributed by atoms with Crippen molar-refractivity contribution in [1.29, 1.82) is 5.41 Å². The summed E-state index contributed by atoms with van der Waals surface area (Å²) in [4.78, 5) is 68.1. The van der Waals surface area contributed by atoms with Crippen molar-refractivity contribution in [2.45, 2.75) is 6.42 Å². The number of thiazole rings is 1. The minimum atomic E-state index is -0.477. The molecule has 1 aromatic carbocycles. The smallest absolute Gasteiger partial charge is 0.284 e. The van der Waals surface area contributed by atoms with Crippen LogP contribution in [-0.4, -0.2) is 60.6 Å². The van der Waals surface area contributed by atoms with E-state index in [0.717, 1.165) is 4.70 Å². The van der Waals surface area contributed by atoms with Crippen molar-refractivity contribution in [3.63, 3.8) is 0 Å². The maximum atomic E-state index is 13.2. The Morgan fingerprint density at radius 3 is 1.78 bits per heavy atom. The molecule has 0 spiro atoms. The zero-order valence-corrected chi connectivity index (χ0v) is 29.4. The molecule has 0 saturated heterocycles. The van der Waals surface area contributed by atoms with Crippen molar-refractivity contribution in [1.82, 2.24) is 24.0 Å². The minimum absolute atomic E-state index is 0.0366. The van der Waals surface area contributed by atoms with E-state index in [4.69, 9.17) is 11.1 Å². The first-order chi connectivity index (χ1) is 23.7. The number of carbonyl (C=O) groups is 5. The Morgan fingerprint density at radius 1 is 0.780 bits per heavy atom. The first-order valence-electron chi connectivity index (χ1n) is 14.8. The topological polar surface area (TPSA) is 223 Å². The fourth-order valence-corrected chi connectivity index (χ4v) is 5.79. The fraction of sp³-hybridized carbons (Fsp3) is 0.156. The SMILES string of the molecule is C=C(Br)C(=O)Nc1ccc2sc(C(=O)Nc3cc(C(=O)Nc4cc(C(=O)Nc5cc(C(=O)NCCC(=N)N)n(C)c5)n(C)c4)n(C)c3)nc2c1. The molecule has 8 N–H and O–H groups in total. The molecule has 16 nitrogen and oxygen atoms in total. The monoisotopic (exact) mass is 761 g/mol. The molecule has 0 fully saturated rings. The highest BCUT2D eigenvalue weighted by Crippen LogP contribution is 2.27. The summed E-state index contributed by atoms with van der Waals surface area (Å²) in [5.74, 6) is -2.23. The Balaban J connectivity index is 1.20. The van der Waals surface area contributed by atoms with Crippen LogP contribution >= 0.6 is 27.3 Å². The summed E-state index contributed by atoms with van der Waals surface area (Å²) >= 11 is 4.21. The minimum Gasteiger partial charge on any atom is -0.388 e. The third-order valence-corrected chi connectivity index (χ3v) is 8.65. The number of aryl methyl sites for hydroxylation is 3. The van der Waals surface area contributed by atoms with E-state index in [0.29, 0.717) is 34.0 Å². The van der Waals surface area contributed by atoms with Crippen molar-refractivity contribution in [2.24, 2.45) is 26.9 Å². The summed E-state index contributed by atoms with van der Waals surface area (Å²) in [5, 5.41) is 21.1. The number of fused-ring (bicyclic) bond motifs is 1. The van der Waals surface area contributed by atoms with Gasteiger partial charge in [0.1, 0.15) is 17.1 Å². The molecule has 5 aromatic rings. The van der Waals surface area contributed by atoms with Crippen LogP contribution in [-0.2, 0) is 25.9 Å². The molecule has 18 heteroatoms. The lowest BCUT2D eigenvalue weighted by atomic mass is 10.3. The average molecular weight is 763 g/mol. The lowest BCUT2D eigenvalue weighted by Gasteiger charge is -2.04. The first-order valence-corrected chi connectivity index (χ1v) is 16.4. The molecule has 0 bridgehead atoms. The fourth-order valence-electron chi connectivity index (χ4n) is 4.85. The number of aromatic nitrogens is 4. The zero-order valence-electron chi connectivity index (χ0n) is 27.0. The molecule has 0 radical (unpaired) electrons. The van der Waals surface area contributed by atoms with Gasteiger partial charge in [-0.05, 0) is 52.3 Å². The summed E-state index contributed by atoms with van der Waals surface area (Å²) < 4.78 is 5.58. The van der Waals surface area contributed by atoms with Crippen LogP contribution in [0.1, 0.15) is 47.7 Å². The average Bonchev–Trinajstić information content (AvgIpc) is 3.81. The molecular weight excluding hydrogens is 730 g/mol. The van der Waals surface area contributed by atoms with Crippen LogP contribution in [0.3, 0.4) is 0 Å². The second-order valence-electron chi connectivity index (χ2n) is 11.1. The van der Waals surface area contributed by atoms with Gasteiger partial charge in [-0.2, -0.15) is 0 Å². The van der Waals surface area contributed by atoms with Gasteiger partial charge in [-0.1, -0.05) is 6.58 Å². The standard InChI is InChI=1S/C32H32BrN11O5S/c1-16(33)27(45)37-17-5-6-25-21(9-17)41-32(50-25)31(49)40-20-12-24(44(4)15-20)30(48)39-19-11-23(43(3)14-19)29(47)38-18-10-22(42(2)13-18)28(46)36-8-7-26(34)35/h5-6,9-15H,1,7-8H2,2-4H3,(H3,34,35)(H,36,46)(H,37,45)(H,38,47)(H,39,48)(H,40,49). The predicted molar refractivity (Wildman–Crippen MR) is 195 cm³/mol. The molecule has 0 aliphatic heterocycles. The Morgan fingerprint density at radius 2 is 1.28 bits per heavy atom. The molecular formula is C32H32BrN11O5S. The largest absolute Gasteiger partial charge is 0.388 e. The van der Waals surface area contributed by atoms with E-state index in [1.807, 2.05) is 0 Å². The number of halogens is 1. The van der Waals surface area contributed by atoms with Gasteiger partial charge in [-0.3, -0.25) is 29.4 Å². The number of benzene rings is 1. The van der Waals surface area contributed by atoms with Crippen LogP contribution in [0.15, 0.2) is 66.1 Å². The maximum Gasteiger partial charge on any atom is 0.284 e. The van der Waals surface area contributed by atoms with E-state index in [9.17, 15) is 24.0 Å². The molecule has 4 aromatic heterocycles. The number of amidine groups is 1. The van der Waals surface area contributed by atoms with E-state index >= 15 is 0 Å². The van der Waals surface area contributed by atoms with Gasteiger partial charge in [0.2, 0.25) is 0 Å². The number of hydrogen-bond donors (Lipinski definition) is 7. The van der Waals surface area contributed by atoms with Crippen molar-refractivity contribution < 1.29 is 24.0 Å². The van der Waals surface area contributed by atoms with Crippen molar-refractivity contribution >= 4 is 95.6 Å². The highest BCUT2D eigenvalue weighted by atomic mass is 79.9. The van der Waals surface area contributed by atoms with Gasteiger partial charge in [0, 0.05) is 58.4 Å². The molecule has 4 heterocycles. The number of nitrogens with zero attached hydrogens (tertiary/aromatic N) is 4. The van der Waals surface area contributed by atoms with E-state index in [1.54, 1.807) is 71.6 Å². The molecule has 5 rings (SSSR count). The van der Waals surface area contributed by atoms with Crippen LogP contribution in [0.5, 0.6) is 0 Å². The molecule has 0 unspecified atom stereocenters. The van der Waals surface area contributed by atoms with E-state index < -0.39 is 23.6 Å². The molecule has 0 saturated carbocycles.